The molecule has 2 rings (SSSR count). The topological polar surface area (TPSA) is 70.7 Å². The number of amides is 1. The van der Waals surface area contributed by atoms with Crippen LogP contribution < -0.4 is 5.32 Å². The molecule has 6 heteroatoms. The van der Waals surface area contributed by atoms with Crippen LogP contribution in [0.4, 0.5) is 5.13 Å². The van der Waals surface area contributed by atoms with Crippen molar-refractivity contribution in [1.29, 1.82) is 0 Å². The third kappa shape index (κ3) is 2.59. The molecule has 0 saturated carbocycles. The van der Waals surface area contributed by atoms with Crippen LogP contribution in [0.5, 0.6) is 0 Å². The van der Waals surface area contributed by atoms with Gasteiger partial charge in [-0.2, -0.15) is 5.10 Å². The Balaban J connectivity index is 2.13. The van der Waals surface area contributed by atoms with Gasteiger partial charge in [-0.05, 0) is 6.92 Å². The largest absolute Gasteiger partial charge is 0.298 e. The van der Waals surface area contributed by atoms with Gasteiger partial charge in [0.2, 0.25) is 0 Å². The van der Waals surface area contributed by atoms with Gasteiger partial charge in [0.05, 0.1) is 17.5 Å². The van der Waals surface area contributed by atoms with Crippen molar-refractivity contribution in [2.24, 2.45) is 0 Å². The number of carbonyl (C=O) groups is 1. The molecule has 2 aromatic rings. The molecule has 18 heavy (non-hydrogen) atoms. The first-order valence-corrected chi connectivity index (χ1v) is 6.53. The molecule has 0 saturated heterocycles. The minimum Gasteiger partial charge on any atom is -0.298 e. The molecule has 0 atom stereocenters. The molecule has 2 aromatic heterocycles. The summed E-state index contributed by atoms with van der Waals surface area (Å²) < 4.78 is 0. The summed E-state index contributed by atoms with van der Waals surface area (Å²) in [6.45, 7) is 8.08. The second kappa shape index (κ2) is 4.53. The molecule has 0 bridgehead atoms. The summed E-state index contributed by atoms with van der Waals surface area (Å²) in [5.41, 5.74) is 2.26. The van der Waals surface area contributed by atoms with Crippen molar-refractivity contribution in [1.82, 2.24) is 15.2 Å². The minimum absolute atomic E-state index is 0.00889. The number of nitrogens with one attached hydrogen (secondary N) is 2. The van der Waals surface area contributed by atoms with Gasteiger partial charge in [0.15, 0.2) is 5.13 Å². The molecule has 0 aromatic carbocycles. The van der Waals surface area contributed by atoms with Gasteiger partial charge < -0.3 is 0 Å². The van der Waals surface area contributed by atoms with E-state index in [2.05, 4.69) is 41.3 Å². The highest BCUT2D eigenvalue weighted by molar-refractivity contribution is 7.14. The van der Waals surface area contributed by atoms with Crippen LogP contribution in [0.2, 0.25) is 0 Å². The van der Waals surface area contributed by atoms with Gasteiger partial charge in [0, 0.05) is 16.5 Å². The Labute approximate surface area is 110 Å². The van der Waals surface area contributed by atoms with Crippen molar-refractivity contribution in [3.63, 3.8) is 0 Å². The molecule has 2 heterocycles. The molecule has 0 radical (unpaired) electrons. The van der Waals surface area contributed by atoms with Crippen LogP contribution in [0.25, 0.3) is 0 Å². The van der Waals surface area contributed by atoms with Crippen LogP contribution in [0.15, 0.2) is 11.6 Å². The number of thiazole rings is 1. The van der Waals surface area contributed by atoms with Gasteiger partial charge in [0.25, 0.3) is 5.91 Å². The number of aryl methyl sites for hydroxylation is 1. The maximum atomic E-state index is 12.0. The molecule has 0 aliphatic rings. The van der Waals surface area contributed by atoms with Gasteiger partial charge in [-0.25, -0.2) is 4.98 Å². The Bertz CT molecular complexity index is 565. The van der Waals surface area contributed by atoms with E-state index in [0.29, 0.717) is 10.7 Å². The molecule has 1 amide bonds. The molecular weight excluding hydrogens is 248 g/mol. The van der Waals surface area contributed by atoms with E-state index in [1.54, 1.807) is 0 Å². The number of aromatic amines is 1. The number of hydrogen-bond acceptors (Lipinski definition) is 4. The Kier molecular flexibility index (Phi) is 3.21. The molecule has 0 aliphatic heterocycles. The minimum atomic E-state index is -0.184. The Hall–Kier alpha value is -1.69. The highest BCUT2D eigenvalue weighted by Gasteiger charge is 2.19. The summed E-state index contributed by atoms with van der Waals surface area (Å²) in [6, 6.07) is 0. The average Bonchev–Trinajstić information content (AvgIpc) is 2.85. The summed E-state index contributed by atoms with van der Waals surface area (Å²) >= 11 is 1.43. The second-order valence-electron chi connectivity index (χ2n) is 5.15. The Morgan fingerprint density at radius 2 is 2.17 bits per heavy atom. The predicted molar refractivity (Wildman–Crippen MR) is 72.1 cm³/mol. The quantitative estimate of drug-likeness (QED) is 0.876. The number of carbonyl (C=O) groups excluding carboxylic acids is 1. The van der Waals surface area contributed by atoms with Crippen molar-refractivity contribution in [3.8, 4) is 0 Å². The lowest BCUT2D eigenvalue weighted by atomic mass is 9.93. The fourth-order valence-electron chi connectivity index (χ4n) is 1.42. The van der Waals surface area contributed by atoms with Crippen LogP contribution in [-0.2, 0) is 5.41 Å². The second-order valence-corrected chi connectivity index (χ2v) is 6.01. The lowest BCUT2D eigenvalue weighted by molar-refractivity contribution is 0.102. The van der Waals surface area contributed by atoms with E-state index < -0.39 is 0 Å². The molecule has 96 valence electrons. The zero-order valence-electron chi connectivity index (χ0n) is 10.9. The van der Waals surface area contributed by atoms with Gasteiger partial charge in [-0.3, -0.25) is 15.2 Å². The number of anilines is 1. The summed E-state index contributed by atoms with van der Waals surface area (Å²) in [5, 5.41) is 11.9. The molecule has 0 spiro atoms. The highest BCUT2D eigenvalue weighted by atomic mass is 32.1. The van der Waals surface area contributed by atoms with Gasteiger partial charge in [-0.1, -0.05) is 20.8 Å². The molecule has 0 fully saturated rings. The first-order chi connectivity index (χ1) is 8.38. The van der Waals surface area contributed by atoms with Crippen LogP contribution in [0, 0.1) is 6.92 Å². The Morgan fingerprint density at radius 3 is 2.67 bits per heavy atom. The van der Waals surface area contributed by atoms with E-state index in [1.165, 1.54) is 17.5 Å². The van der Waals surface area contributed by atoms with E-state index in [9.17, 15) is 4.79 Å². The normalized spacial score (nSPS) is 11.6. The van der Waals surface area contributed by atoms with Crippen molar-refractivity contribution in [2.75, 3.05) is 5.32 Å². The summed E-state index contributed by atoms with van der Waals surface area (Å²) in [7, 11) is 0. The number of hydrogen-bond donors (Lipinski definition) is 2. The van der Waals surface area contributed by atoms with Crippen LogP contribution in [-0.4, -0.2) is 21.1 Å². The smallest absolute Gasteiger partial charge is 0.260 e. The van der Waals surface area contributed by atoms with Crippen molar-refractivity contribution < 1.29 is 4.79 Å². The third-order valence-electron chi connectivity index (χ3n) is 2.57. The van der Waals surface area contributed by atoms with E-state index in [-0.39, 0.29) is 11.3 Å². The van der Waals surface area contributed by atoms with E-state index in [0.717, 1.165) is 11.4 Å². The lowest BCUT2D eigenvalue weighted by Crippen LogP contribution is -2.14. The Morgan fingerprint density at radius 1 is 1.44 bits per heavy atom. The molecule has 2 N–H and O–H groups in total. The monoisotopic (exact) mass is 264 g/mol. The zero-order chi connectivity index (χ0) is 13.3. The SMILES string of the molecule is Cc1[nH]ncc1C(=O)Nc1nc(C(C)(C)C)cs1. The van der Waals surface area contributed by atoms with Crippen molar-refractivity contribution in [2.45, 2.75) is 33.1 Å². The first-order valence-electron chi connectivity index (χ1n) is 5.65. The van der Waals surface area contributed by atoms with Crippen molar-refractivity contribution in [3.05, 3.63) is 28.5 Å². The van der Waals surface area contributed by atoms with Gasteiger partial charge in [-0.15, -0.1) is 11.3 Å². The van der Waals surface area contributed by atoms with Crippen molar-refractivity contribution >= 4 is 22.4 Å². The molecule has 0 unspecified atom stereocenters. The van der Waals surface area contributed by atoms with E-state index >= 15 is 0 Å². The predicted octanol–water partition coefficient (Wildman–Crippen LogP) is 2.72. The van der Waals surface area contributed by atoms with Crippen LogP contribution in [0.3, 0.4) is 0 Å². The summed E-state index contributed by atoms with van der Waals surface area (Å²) in [6.07, 6.45) is 1.52. The molecule has 0 aliphatic carbocycles. The molecular formula is C12H16N4OS. The number of aromatic nitrogens is 3. The number of rotatable bonds is 2. The number of nitrogens with zero attached hydrogens (tertiary/aromatic N) is 2. The molecule has 5 nitrogen and oxygen atoms in total. The number of H-pyrrole nitrogens is 1. The maximum absolute atomic E-state index is 12.0. The van der Waals surface area contributed by atoms with Gasteiger partial charge in [0.1, 0.15) is 0 Å². The van der Waals surface area contributed by atoms with Crippen LogP contribution >= 0.6 is 11.3 Å². The van der Waals surface area contributed by atoms with Crippen LogP contribution in [0.1, 0.15) is 42.5 Å². The summed E-state index contributed by atoms with van der Waals surface area (Å²) in [5.74, 6) is -0.184. The zero-order valence-corrected chi connectivity index (χ0v) is 11.7. The third-order valence-corrected chi connectivity index (χ3v) is 3.33. The van der Waals surface area contributed by atoms with E-state index in [1.807, 2.05) is 12.3 Å². The first kappa shape index (κ1) is 12.8. The standard InChI is InChI=1S/C12H16N4OS/c1-7-8(5-13-16-7)10(17)15-11-14-9(6-18-11)12(2,3)4/h5-6H,1-4H3,(H,13,16)(H,14,15,17). The van der Waals surface area contributed by atoms with Gasteiger partial charge >= 0.3 is 0 Å². The summed E-state index contributed by atoms with van der Waals surface area (Å²) in [4.78, 5) is 16.4. The fraction of sp³-hybridized carbons (Fsp3) is 0.417. The fourth-order valence-corrected chi connectivity index (χ4v) is 2.35. The maximum Gasteiger partial charge on any atom is 0.260 e. The lowest BCUT2D eigenvalue weighted by Gasteiger charge is -2.14. The van der Waals surface area contributed by atoms with E-state index in [4.69, 9.17) is 0 Å². The average molecular weight is 264 g/mol. The highest BCUT2D eigenvalue weighted by Crippen LogP contribution is 2.26.